The third-order valence-electron chi connectivity index (χ3n) is 2.24. The van der Waals surface area contributed by atoms with Crippen LogP contribution < -0.4 is 0 Å². The SMILES string of the molecule is ICc1ccc2c(c1)CCC=C2. The summed E-state index contributed by atoms with van der Waals surface area (Å²) < 4.78 is 1.12. The average Bonchev–Trinajstić information content (AvgIpc) is 2.17. The van der Waals surface area contributed by atoms with Crippen molar-refractivity contribution in [1.29, 1.82) is 0 Å². The van der Waals surface area contributed by atoms with Gasteiger partial charge in [-0.1, -0.05) is 52.9 Å². The predicted molar refractivity (Wildman–Crippen MR) is 61.5 cm³/mol. The van der Waals surface area contributed by atoms with Gasteiger partial charge >= 0.3 is 0 Å². The van der Waals surface area contributed by atoms with E-state index in [1.54, 1.807) is 0 Å². The average molecular weight is 270 g/mol. The lowest BCUT2D eigenvalue weighted by Crippen LogP contribution is -1.94. The molecule has 0 bridgehead atoms. The Kier molecular flexibility index (Phi) is 2.49. The second-order valence-electron chi connectivity index (χ2n) is 3.11. The van der Waals surface area contributed by atoms with E-state index < -0.39 is 0 Å². The van der Waals surface area contributed by atoms with E-state index in [0.717, 1.165) is 4.43 Å². The number of alkyl halides is 1. The monoisotopic (exact) mass is 270 g/mol. The van der Waals surface area contributed by atoms with Crippen molar-refractivity contribution in [3.63, 3.8) is 0 Å². The zero-order valence-electron chi connectivity index (χ0n) is 6.89. The van der Waals surface area contributed by atoms with Gasteiger partial charge in [0.15, 0.2) is 0 Å². The van der Waals surface area contributed by atoms with Crippen LogP contribution in [0.3, 0.4) is 0 Å². The molecule has 1 aromatic rings. The van der Waals surface area contributed by atoms with Crippen molar-refractivity contribution >= 4 is 28.7 Å². The van der Waals surface area contributed by atoms with Gasteiger partial charge in [-0.05, 0) is 29.5 Å². The minimum Gasteiger partial charge on any atom is -0.0836 e. The summed E-state index contributed by atoms with van der Waals surface area (Å²) in [6.07, 6.45) is 6.91. The van der Waals surface area contributed by atoms with Crippen LogP contribution in [0.2, 0.25) is 0 Å². The van der Waals surface area contributed by atoms with Gasteiger partial charge in [0.2, 0.25) is 0 Å². The van der Waals surface area contributed by atoms with E-state index in [1.807, 2.05) is 0 Å². The van der Waals surface area contributed by atoms with Gasteiger partial charge in [0.25, 0.3) is 0 Å². The smallest absolute Gasteiger partial charge is 0.0247 e. The van der Waals surface area contributed by atoms with Crippen LogP contribution in [0.1, 0.15) is 23.1 Å². The van der Waals surface area contributed by atoms with Crippen molar-refractivity contribution in [2.45, 2.75) is 17.3 Å². The number of hydrogen-bond donors (Lipinski definition) is 0. The highest BCUT2D eigenvalue weighted by Gasteiger charge is 2.03. The van der Waals surface area contributed by atoms with E-state index in [-0.39, 0.29) is 0 Å². The molecule has 0 radical (unpaired) electrons. The van der Waals surface area contributed by atoms with Crippen molar-refractivity contribution in [1.82, 2.24) is 0 Å². The summed E-state index contributed by atoms with van der Waals surface area (Å²) in [7, 11) is 0. The summed E-state index contributed by atoms with van der Waals surface area (Å²) in [5, 5.41) is 0. The summed E-state index contributed by atoms with van der Waals surface area (Å²) in [4.78, 5) is 0. The fourth-order valence-corrected chi connectivity index (χ4v) is 2.04. The van der Waals surface area contributed by atoms with Crippen molar-refractivity contribution in [3.8, 4) is 0 Å². The highest BCUT2D eigenvalue weighted by Crippen LogP contribution is 2.21. The highest BCUT2D eigenvalue weighted by molar-refractivity contribution is 14.1. The maximum atomic E-state index is 2.41. The van der Waals surface area contributed by atoms with Crippen molar-refractivity contribution in [2.75, 3.05) is 0 Å². The lowest BCUT2D eigenvalue weighted by atomic mass is 9.96. The molecule has 1 aliphatic rings. The Bertz CT molecular complexity index is 313. The van der Waals surface area contributed by atoms with Crippen LogP contribution in [0.4, 0.5) is 0 Å². The molecule has 0 atom stereocenters. The Morgan fingerprint density at radius 1 is 1.33 bits per heavy atom. The predicted octanol–water partition coefficient (Wildman–Crippen LogP) is 3.58. The normalized spacial score (nSPS) is 14.4. The molecule has 12 heavy (non-hydrogen) atoms. The van der Waals surface area contributed by atoms with Crippen LogP contribution in [0.15, 0.2) is 24.3 Å². The van der Waals surface area contributed by atoms with Crippen LogP contribution in [-0.4, -0.2) is 0 Å². The molecule has 2 rings (SSSR count). The van der Waals surface area contributed by atoms with Gasteiger partial charge in [0, 0.05) is 4.43 Å². The third kappa shape index (κ3) is 1.56. The summed E-state index contributed by atoms with van der Waals surface area (Å²) in [6, 6.07) is 6.80. The summed E-state index contributed by atoms with van der Waals surface area (Å²) >= 11 is 2.41. The molecule has 1 aliphatic carbocycles. The van der Waals surface area contributed by atoms with E-state index >= 15 is 0 Å². The molecule has 0 unspecified atom stereocenters. The molecule has 0 nitrogen and oxygen atoms in total. The molecule has 0 fully saturated rings. The molecule has 0 aromatic heterocycles. The molecule has 0 spiro atoms. The topological polar surface area (TPSA) is 0 Å². The quantitative estimate of drug-likeness (QED) is 0.540. The van der Waals surface area contributed by atoms with Gasteiger partial charge in [0.05, 0.1) is 0 Å². The zero-order chi connectivity index (χ0) is 8.39. The maximum absolute atomic E-state index is 2.41. The number of hydrogen-bond acceptors (Lipinski definition) is 0. The molecular weight excluding hydrogens is 259 g/mol. The van der Waals surface area contributed by atoms with E-state index in [9.17, 15) is 0 Å². The minimum atomic E-state index is 1.12. The van der Waals surface area contributed by atoms with Gasteiger partial charge in [-0.3, -0.25) is 0 Å². The summed E-state index contributed by atoms with van der Waals surface area (Å²) in [6.45, 7) is 0. The van der Waals surface area contributed by atoms with Crippen LogP contribution in [0.25, 0.3) is 6.08 Å². The second-order valence-corrected chi connectivity index (χ2v) is 3.87. The molecular formula is C11H11I. The van der Waals surface area contributed by atoms with Gasteiger partial charge in [-0.25, -0.2) is 0 Å². The van der Waals surface area contributed by atoms with Crippen molar-refractivity contribution in [3.05, 3.63) is 41.0 Å². The molecule has 62 valence electrons. The summed E-state index contributed by atoms with van der Waals surface area (Å²) in [5.74, 6) is 0. The number of rotatable bonds is 1. The first-order valence-electron chi connectivity index (χ1n) is 4.24. The molecule has 0 N–H and O–H groups in total. The zero-order valence-corrected chi connectivity index (χ0v) is 9.04. The number of benzene rings is 1. The van der Waals surface area contributed by atoms with E-state index in [2.05, 4.69) is 52.9 Å². The third-order valence-corrected chi connectivity index (χ3v) is 3.12. The first-order valence-corrected chi connectivity index (χ1v) is 5.77. The van der Waals surface area contributed by atoms with Crippen molar-refractivity contribution < 1.29 is 0 Å². The Balaban J connectivity index is 2.44. The second kappa shape index (κ2) is 3.60. The van der Waals surface area contributed by atoms with Crippen LogP contribution in [-0.2, 0) is 10.8 Å². The molecule has 0 aliphatic heterocycles. The first kappa shape index (κ1) is 8.30. The standard InChI is InChI=1S/C11H11I/c12-8-9-5-6-10-3-1-2-4-11(10)7-9/h1,3,5-7H,2,4,8H2. The van der Waals surface area contributed by atoms with Gasteiger partial charge in [-0.15, -0.1) is 0 Å². The molecule has 0 amide bonds. The van der Waals surface area contributed by atoms with E-state index in [0.29, 0.717) is 0 Å². The van der Waals surface area contributed by atoms with Crippen LogP contribution in [0.5, 0.6) is 0 Å². The lowest BCUT2D eigenvalue weighted by Gasteiger charge is -2.10. The number of fused-ring (bicyclic) bond motifs is 1. The fraction of sp³-hybridized carbons (Fsp3) is 0.273. The molecule has 0 saturated carbocycles. The lowest BCUT2D eigenvalue weighted by molar-refractivity contribution is 0.982. The number of halogens is 1. The summed E-state index contributed by atoms with van der Waals surface area (Å²) in [5.41, 5.74) is 4.38. The van der Waals surface area contributed by atoms with Crippen LogP contribution in [0, 0.1) is 0 Å². The van der Waals surface area contributed by atoms with Crippen molar-refractivity contribution in [2.24, 2.45) is 0 Å². The Hall–Kier alpha value is -0.310. The van der Waals surface area contributed by atoms with E-state index in [4.69, 9.17) is 0 Å². The number of allylic oxidation sites excluding steroid dienone is 1. The Morgan fingerprint density at radius 2 is 2.25 bits per heavy atom. The molecule has 1 heteroatoms. The Morgan fingerprint density at radius 3 is 3.08 bits per heavy atom. The van der Waals surface area contributed by atoms with E-state index in [1.165, 1.54) is 29.5 Å². The molecule has 0 heterocycles. The van der Waals surface area contributed by atoms with Gasteiger partial charge in [-0.2, -0.15) is 0 Å². The Labute approximate surface area is 86.8 Å². The highest BCUT2D eigenvalue weighted by atomic mass is 127. The van der Waals surface area contributed by atoms with Crippen LogP contribution >= 0.6 is 22.6 Å². The maximum Gasteiger partial charge on any atom is 0.0247 e. The largest absolute Gasteiger partial charge is 0.0836 e. The van der Waals surface area contributed by atoms with Gasteiger partial charge in [0.1, 0.15) is 0 Å². The fourth-order valence-electron chi connectivity index (χ4n) is 1.57. The van der Waals surface area contributed by atoms with Gasteiger partial charge < -0.3 is 0 Å². The molecule has 0 saturated heterocycles. The minimum absolute atomic E-state index is 1.12. The number of aryl methyl sites for hydroxylation is 1. The molecule has 1 aromatic carbocycles. The first-order chi connectivity index (χ1) is 5.90.